The first-order valence-corrected chi connectivity index (χ1v) is 6.88. The van der Waals surface area contributed by atoms with Gasteiger partial charge in [0.05, 0.1) is 11.8 Å². The molecule has 5 heteroatoms. The monoisotopic (exact) mass is 274 g/mol. The van der Waals surface area contributed by atoms with Crippen LogP contribution >= 0.6 is 0 Å². The highest BCUT2D eigenvalue weighted by Gasteiger charge is 2.54. The Balaban J connectivity index is 1.66. The van der Waals surface area contributed by atoms with Gasteiger partial charge >= 0.3 is 5.97 Å². The third-order valence-corrected chi connectivity index (χ3v) is 4.33. The van der Waals surface area contributed by atoms with Crippen molar-refractivity contribution in [3.63, 3.8) is 0 Å². The molecule has 2 aliphatic rings. The van der Waals surface area contributed by atoms with Gasteiger partial charge in [0, 0.05) is 24.7 Å². The number of hydrogen-bond acceptors (Lipinski definition) is 3. The minimum atomic E-state index is -0.790. The van der Waals surface area contributed by atoms with Gasteiger partial charge in [0.25, 0.3) is 0 Å². The summed E-state index contributed by atoms with van der Waals surface area (Å²) in [4.78, 5) is 25.0. The van der Waals surface area contributed by atoms with Crippen LogP contribution in [-0.4, -0.2) is 35.0 Å². The molecule has 1 saturated carbocycles. The van der Waals surface area contributed by atoms with Gasteiger partial charge in [-0.15, -0.1) is 0 Å². The van der Waals surface area contributed by atoms with Gasteiger partial charge in [-0.25, -0.2) is 0 Å². The van der Waals surface area contributed by atoms with Crippen molar-refractivity contribution < 1.29 is 14.7 Å². The van der Waals surface area contributed by atoms with Crippen LogP contribution < -0.4 is 5.73 Å². The van der Waals surface area contributed by atoms with Gasteiger partial charge < -0.3 is 15.7 Å². The number of nitrogen functional groups attached to an aromatic ring is 1. The Morgan fingerprint density at radius 2 is 1.85 bits per heavy atom. The molecule has 1 saturated heterocycles. The summed E-state index contributed by atoms with van der Waals surface area (Å²) >= 11 is 0. The highest BCUT2D eigenvalue weighted by Crippen LogP contribution is 2.50. The number of likely N-dealkylation sites (tertiary alicyclic amines) is 1. The van der Waals surface area contributed by atoms with Crippen LogP contribution in [0.4, 0.5) is 5.69 Å². The fraction of sp³-hybridized carbons (Fsp3) is 0.467. The minimum absolute atomic E-state index is 0.110. The van der Waals surface area contributed by atoms with E-state index in [1.807, 2.05) is 24.3 Å². The van der Waals surface area contributed by atoms with Gasteiger partial charge in [-0.2, -0.15) is 0 Å². The van der Waals surface area contributed by atoms with Crippen molar-refractivity contribution in [2.45, 2.75) is 24.7 Å². The summed E-state index contributed by atoms with van der Waals surface area (Å²) in [6.07, 6.45) is 1.89. The fourth-order valence-corrected chi connectivity index (χ4v) is 2.97. The predicted molar refractivity (Wildman–Crippen MR) is 74.1 cm³/mol. The molecule has 1 aliphatic carbocycles. The van der Waals surface area contributed by atoms with Gasteiger partial charge in [-0.3, -0.25) is 9.59 Å². The topological polar surface area (TPSA) is 83.6 Å². The Morgan fingerprint density at radius 1 is 1.25 bits per heavy atom. The minimum Gasteiger partial charge on any atom is -0.481 e. The van der Waals surface area contributed by atoms with Crippen LogP contribution in [0.5, 0.6) is 0 Å². The van der Waals surface area contributed by atoms with E-state index in [0.717, 1.165) is 18.4 Å². The van der Waals surface area contributed by atoms with E-state index in [1.165, 1.54) is 0 Å². The second-order valence-corrected chi connectivity index (χ2v) is 5.88. The van der Waals surface area contributed by atoms with E-state index in [9.17, 15) is 9.59 Å². The third kappa shape index (κ3) is 2.13. The van der Waals surface area contributed by atoms with E-state index in [0.29, 0.717) is 18.8 Å². The first-order valence-electron chi connectivity index (χ1n) is 6.88. The standard InChI is InChI=1S/C15H18N2O3/c16-12-3-1-11(2-4-12)15(5-6-15)14(20)17-8-10(9-17)7-13(18)19/h1-4,10H,5-9,16H2,(H,18,19). The van der Waals surface area contributed by atoms with E-state index >= 15 is 0 Å². The van der Waals surface area contributed by atoms with E-state index in [-0.39, 0.29) is 23.7 Å². The van der Waals surface area contributed by atoms with Crippen molar-refractivity contribution in [2.24, 2.45) is 5.92 Å². The number of benzene rings is 1. The number of carboxylic acid groups (broad SMARTS) is 1. The molecule has 1 aliphatic heterocycles. The van der Waals surface area contributed by atoms with Crippen molar-refractivity contribution in [3.8, 4) is 0 Å². The van der Waals surface area contributed by atoms with E-state index in [1.54, 1.807) is 4.90 Å². The van der Waals surface area contributed by atoms with Crippen molar-refractivity contribution >= 4 is 17.6 Å². The zero-order valence-electron chi connectivity index (χ0n) is 11.2. The summed E-state index contributed by atoms with van der Waals surface area (Å²) in [7, 11) is 0. The Kier molecular flexibility index (Phi) is 2.92. The zero-order valence-corrected chi connectivity index (χ0v) is 11.2. The summed E-state index contributed by atoms with van der Waals surface area (Å²) < 4.78 is 0. The number of rotatable bonds is 4. The molecule has 1 aromatic carbocycles. The number of anilines is 1. The number of carboxylic acids is 1. The maximum absolute atomic E-state index is 12.6. The lowest BCUT2D eigenvalue weighted by molar-refractivity contribution is -0.146. The number of aliphatic carboxylic acids is 1. The van der Waals surface area contributed by atoms with Crippen LogP contribution in [0.3, 0.4) is 0 Å². The number of nitrogens with zero attached hydrogens (tertiary/aromatic N) is 1. The molecule has 1 aromatic rings. The molecule has 20 heavy (non-hydrogen) atoms. The highest BCUT2D eigenvalue weighted by molar-refractivity contribution is 5.92. The summed E-state index contributed by atoms with van der Waals surface area (Å²) in [5.74, 6) is -0.538. The molecular weight excluding hydrogens is 256 g/mol. The molecule has 0 aromatic heterocycles. The first kappa shape index (κ1) is 13.0. The van der Waals surface area contributed by atoms with E-state index in [2.05, 4.69) is 0 Å². The summed E-state index contributed by atoms with van der Waals surface area (Å²) in [6, 6.07) is 7.50. The number of amides is 1. The molecule has 0 atom stereocenters. The molecule has 1 amide bonds. The fourth-order valence-electron chi connectivity index (χ4n) is 2.97. The lowest BCUT2D eigenvalue weighted by atomic mass is 9.89. The molecule has 0 unspecified atom stereocenters. The van der Waals surface area contributed by atoms with Crippen LogP contribution in [0.2, 0.25) is 0 Å². The number of nitrogens with two attached hydrogens (primary N) is 1. The maximum atomic E-state index is 12.6. The van der Waals surface area contributed by atoms with Gasteiger partial charge in [0.1, 0.15) is 0 Å². The molecule has 2 fully saturated rings. The predicted octanol–water partition coefficient (Wildman–Crippen LogP) is 1.23. The van der Waals surface area contributed by atoms with E-state index in [4.69, 9.17) is 10.8 Å². The zero-order chi connectivity index (χ0) is 14.3. The lowest BCUT2D eigenvalue weighted by Crippen LogP contribution is -2.53. The average molecular weight is 274 g/mol. The van der Waals surface area contributed by atoms with Crippen LogP contribution in [0.1, 0.15) is 24.8 Å². The van der Waals surface area contributed by atoms with Crippen molar-refractivity contribution in [1.82, 2.24) is 4.90 Å². The van der Waals surface area contributed by atoms with Crippen LogP contribution in [0.25, 0.3) is 0 Å². The molecule has 0 bridgehead atoms. The highest BCUT2D eigenvalue weighted by atomic mass is 16.4. The number of carbonyl (C=O) groups excluding carboxylic acids is 1. The molecule has 0 radical (unpaired) electrons. The normalized spacial score (nSPS) is 20.3. The second kappa shape index (κ2) is 4.51. The smallest absolute Gasteiger partial charge is 0.303 e. The molecule has 0 spiro atoms. The Labute approximate surface area is 117 Å². The summed E-state index contributed by atoms with van der Waals surface area (Å²) in [5.41, 5.74) is 7.03. The first-order chi connectivity index (χ1) is 9.51. The second-order valence-electron chi connectivity index (χ2n) is 5.88. The molecule has 106 valence electrons. The Bertz CT molecular complexity index is 543. The Hall–Kier alpha value is -2.04. The molecule has 3 N–H and O–H groups in total. The number of hydrogen-bond donors (Lipinski definition) is 2. The molecule has 3 rings (SSSR count). The number of carbonyl (C=O) groups is 2. The quantitative estimate of drug-likeness (QED) is 0.809. The average Bonchev–Trinajstić information content (AvgIpc) is 3.14. The van der Waals surface area contributed by atoms with Crippen molar-refractivity contribution in [2.75, 3.05) is 18.8 Å². The maximum Gasteiger partial charge on any atom is 0.303 e. The summed E-state index contributed by atoms with van der Waals surface area (Å²) in [5, 5.41) is 8.73. The van der Waals surface area contributed by atoms with Gasteiger partial charge in [0.2, 0.25) is 5.91 Å². The van der Waals surface area contributed by atoms with Gasteiger partial charge in [-0.1, -0.05) is 12.1 Å². The molecular formula is C15H18N2O3. The van der Waals surface area contributed by atoms with Crippen molar-refractivity contribution in [1.29, 1.82) is 0 Å². The SMILES string of the molecule is Nc1ccc(C2(C(=O)N3CC(CC(=O)O)C3)CC2)cc1. The van der Waals surface area contributed by atoms with Crippen molar-refractivity contribution in [3.05, 3.63) is 29.8 Å². The van der Waals surface area contributed by atoms with Gasteiger partial charge in [-0.05, 0) is 30.5 Å². The van der Waals surface area contributed by atoms with Crippen LogP contribution in [-0.2, 0) is 15.0 Å². The lowest BCUT2D eigenvalue weighted by Gasteiger charge is -2.40. The van der Waals surface area contributed by atoms with E-state index < -0.39 is 5.97 Å². The third-order valence-electron chi connectivity index (χ3n) is 4.33. The summed E-state index contributed by atoms with van der Waals surface area (Å²) in [6.45, 7) is 1.14. The van der Waals surface area contributed by atoms with Crippen LogP contribution in [0, 0.1) is 5.92 Å². The molecule has 1 heterocycles. The van der Waals surface area contributed by atoms with Gasteiger partial charge in [0.15, 0.2) is 0 Å². The van der Waals surface area contributed by atoms with Crippen LogP contribution in [0.15, 0.2) is 24.3 Å². The Morgan fingerprint density at radius 3 is 2.35 bits per heavy atom. The largest absolute Gasteiger partial charge is 0.481 e. The molecule has 5 nitrogen and oxygen atoms in total.